The van der Waals surface area contributed by atoms with Crippen LogP contribution in [0.15, 0.2) is 48.1 Å². The predicted octanol–water partition coefficient (Wildman–Crippen LogP) is 3.23. The molecule has 0 N–H and O–H groups in total. The van der Waals surface area contributed by atoms with Crippen molar-refractivity contribution in [3.8, 4) is 10.6 Å². The van der Waals surface area contributed by atoms with Gasteiger partial charge in [-0.1, -0.05) is 30.3 Å². The molecule has 4 rings (SSSR count). The lowest BCUT2D eigenvalue weighted by Crippen LogP contribution is -2.46. The summed E-state index contributed by atoms with van der Waals surface area (Å²) in [6, 6.07) is 12.4. The molecule has 1 aliphatic heterocycles. The van der Waals surface area contributed by atoms with Crippen LogP contribution in [0.2, 0.25) is 0 Å². The van der Waals surface area contributed by atoms with Crippen molar-refractivity contribution in [3.63, 3.8) is 0 Å². The molecule has 0 bridgehead atoms. The summed E-state index contributed by atoms with van der Waals surface area (Å²) in [7, 11) is 0. The lowest BCUT2D eigenvalue weighted by atomic mass is 10.2. The van der Waals surface area contributed by atoms with E-state index in [1.807, 2.05) is 13.0 Å². The Morgan fingerprint density at radius 2 is 1.84 bits per heavy atom. The molecular weight excluding hydrogens is 330 g/mol. The number of rotatable bonds is 4. The highest BCUT2D eigenvalue weighted by Gasteiger charge is 2.19. The van der Waals surface area contributed by atoms with E-state index in [9.17, 15) is 0 Å². The van der Waals surface area contributed by atoms with E-state index in [0.29, 0.717) is 0 Å². The van der Waals surface area contributed by atoms with Crippen LogP contribution in [0, 0.1) is 6.92 Å². The largest absolute Gasteiger partial charge is 0.354 e. The molecule has 0 saturated carbocycles. The molecule has 5 nitrogen and oxygen atoms in total. The number of hydrogen-bond acceptors (Lipinski definition) is 6. The van der Waals surface area contributed by atoms with Crippen molar-refractivity contribution in [1.29, 1.82) is 0 Å². The van der Waals surface area contributed by atoms with E-state index in [0.717, 1.165) is 54.9 Å². The van der Waals surface area contributed by atoms with Crippen LogP contribution in [-0.4, -0.2) is 46.0 Å². The van der Waals surface area contributed by atoms with Crippen molar-refractivity contribution >= 4 is 17.2 Å². The van der Waals surface area contributed by atoms with Gasteiger partial charge in [0, 0.05) is 55.4 Å². The maximum absolute atomic E-state index is 4.81. The molecule has 2 aromatic heterocycles. The standard InChI is InChI=1S/C19H21N5S/c1-15-11-18(21-14-20-15)24-9-7-23(8-10-24)12-17-13-25-19(22-17)16-5-3-2-4-6-16/h2-6,11,13-14H,7-10,12H2,1H3. The number of anilines is 1. The van der Waals surface area contributed by atoms with Gasteiger partial charge in [-0.3, -0.25) is 4.90 Å². The van der Waals surface area contributed by atoms with E-state index in [1.165, 1.54) is 5.56 Å². The van der Waals surface area contributed by atoms with Crippen LogP contribution in [0.25, 0.3) is 10.6 Å². The van der Waals surface area contributed by atoms with E-state index in [1.54, 1.807) is 17.7 Å². The average Bonchev–Trinajstić information content (AvgIpc) is 3.12. The zero-order valence-electron chi connectivity index (χ0n) is 14.3. The highest BCUT2D eigenvalue weighted by atomic mass is 32.1. The summed E-state index contributed by atoms with van der Waals surface area (Å²) in [6.45, 7) is 6.97. The average molecular weight is 351 g/mol. The molecular formula is C19H21N5S. The van der Waals surface area contributed by atoms with Crippen molar-refractivity contribution in [2.45, 2.75) is 13.5 Å². The third-order valence-corrected chi connectivity index (χ3v) is 5.38. The van der Waals surface area contributed by atoms with Gasteiger partial charge < -0.3 is 4.90 Å². The van der Waals surface area contributed by atoms with E-state index >= 15 is 0 Å². The van der Waals surface area contributed by atoms with Crippen molar-refractivity contribution < 1.29 is 0 Å². The van der Waals surface area contributed by atoms with Gasteiger partial charge in [-0.25, -0.2) is 15.0 Å². The first-order chi connectivity index (χ1) is 12.3. The van der Waals surface area contributed by atoms with E-state index in [2.05, 4.69) is 55.5 Å². The fourth-order valence-electron chi connectivity index (χ4n) is 3.07. The van der Waals surface area contributed by atoms with Gasteiger partial charge in [0.25, 0.3) is 0 Å². The zero-order chi connectivity index (χ0) is 17.1. The number of hydrogen-bond donors (Lipinski definition) is 0. The molecule has 3 aromatic rings. The first-order valence-electron chi connectivity index (χ1n) is 8.54. The molecule has 128 valence electrons. The molecule has 0 aliphatic carbocycles. The SMILES string of the molecule is Cc1cc(N2CCN(Cc3csc(-c4ccccc4)n3)CC2)ncn1. The summed E-state index contributed by atoms with van der Waals surface area (Å²) in [5, 5.41) is 3.29. The number of nitrogens with zero attached hydrogens (tertiary/aromatic N) is 5. The molecule has 1 saturated heterocycles. The molecule has 0 atom stereocenters. The zero-order valence-corrected chi connectivity index (χ0v) is 15.1. The van der Waals surface area contributed by atoms with Crippen LogP contribution < -0.4 is 4.90 Å². The summed E-state index contributed by atoms with van der Waals surface area (Å²) in [6.07, 6.45) is 1.65. The number of piperazine rings is 1. The van der Waals surface area contributed by atoms with Crippen LogP contribution in [0.5, 0.6) is 0 Å². The molecule has 0 amide bonds. The number of thiazole rings is 1. The Hall–Kier alpha value is -2.31. The predicted molar refractivity (Wildman–Crippen MR) is 102 cm³/mol. The second kappa shape index (κ2) is 7.29. The molecule has 0 spiro atoms. The summed E-state index contributed by atoms with van der Waals surface area (Å²) >= 11 is 1.73. The third-order valence-electron chi connectivity index (χ3n) is 4.44. The molecule has 0 radical (unpaired) electrons. The molecule has 3 heterocycles. The molecule has 25 heavy (non-hydrogen) atoms. The lowest BCUT2D eigenvalue weighted by molar-refractivity contribution is 0.247. The first kappa shape index (κ1) is 16.2. The van der Waals surface area contributed by atoms with Crippen molar-refractivity contribution in [3.05, 3.63) is 59.5 Å². The maximum atomic E-state index is 4.81. The van der Waals surface area contributed by atoms with Crippen molar-refractivity contribution in [1.82, 2.24) is 19.9 Å². The molecule has 0 unspecified atom stereocenters. The molecule has 1 aliphatic rings. The van der Waals surface area contributed by atoms with Gasteiger partial charge in [0.1, 0.15) is 17.2 Å². The van der Waals surface area contributed by atoms with Gasteiger partial charge in [0.05, 0.1) is 5.69 Å². The monoisotopic (exact) mass is 351 g/mol. The van der Waals surface area contributed by atoms with Crippen LogP contribution in [0.4, 0.5) is 5.82 Å². The Balaban J connectivity index is 1.35. The first-order valence-corrected chi connectivity index (χ1v) is 9.42. The van der Waals surface area contributed by atoms with Gasteiger partial charge in [0.2, 0.25) is 0 Å². The Morgan fingerprint density at radius 1 is 1.04 bits per heavy atom. The number of aryl methyl sites for hydroxylation is 1. The maximum Gasteiger partial charge on any atom is 0.132 e. The summed E-state index contributed by atoms with van der Waals surface area (Å²) < 4.78 is 0. The van der Waals surface area contributed by atoms with Gasteiger partial charge in [-0.05, 0) is 6.92 Å². The molecule has 1 fully saturated rings. The van der Waals surface area contributed by atoms with Gasteiger partial charge >= 0.3 is 0 Å². The smallest absolute Gasteiger partial charge is 0.132 e. The quantitative estimate of drug-likeness (QED) is 0.722. The van der Waals surface area contributed by atoms with Crippen LogP contribution in [0.1, 0.15) is 11.4 Å². The Morgan fingerprint density at radius 3 is 2.60 bits per heavy atom. The van der Waals surface area contributed by atoms with Crippen LogP contribution in [0.3, 0.4) is 0 Å². The lowest BCUT2D eigenvalue weighted by Gasteiger charge is -2.35. The third kappa shape index (κ3) is 3.86. The highest BCUT2D eigenvalue weighted by Crippen LogP contribution is 2.24. The van der Waals surface area contributed by atoms with E-state index < -0.39 is 0 Å². The van der Waals surface area contributed by atoms with Gasteiger partial charge in [-0.2, -0.15) is 0 Å². The minimum absolute atomic E-state index is 0.917. The fourth-order valence-corrected chi connectivity index (χ4v) is 3.89. The normalized spacial score (nSPS) is 15.5. The fraction of sp³-hybridized carbons (Fsp3) is 0.316. The Bertz CT molecular complexity index is 825. The second-order valence-corrected chi connectivity index (χ2v) is 7.15. The highest BCUT2D eigenvalue weighted by molar-refractivity contribution is 7.13. The van der Waals surface area contributed by atoms with Crippen LogP contribution in [-0.2, 0) is 6.54 Å². The topological polar surface area (TPSA) is 45.2 Å². The van der Waals surface area contributed by atoms with Crippen molar-refractivity contribution in [2.75, 3.05) is 31.1 Å². The summed E-state index contributed by atoms with van der Waals surface area (Å²) in [5.74, 6) is 1.03. The second-order valence-electron chi connectivity index (χ2n) is 6.29. The van der Waals surface area contributed by atoms with Gasteiger partial charge in [0.15, 0.2) is 0 Å². The van der Waals surface area contributed by atoms with E-state index in [4.69, 9.17) is 4.98 Å². The van der Waals surface area contributed by atoms with E-state index in [-0.39, 0.29) is 0 Å². The molecule has 6 heteroatoms. The summed E-state index contributed by atoms with van der Waals surface area (Å²) in [5.41, 5.74) is 3.38. The summed E-state index contributed by atoms with van der Waals surface area (Å²) in [4.78, 5) is 18.2. The van der Waals surface area contributed by atoms with Gasteiger partial charge in [-0.15, -0.1) is 11.3 Å². The number of benzene rings is 1. The molecule has 1 aromatic carbocycles. The van der Waals surface area contributed by atoms with Crippen LogP contribution >= 0.6 is 11.3 Å². The minimum Gasteiger partial charge on any atom is -0.354 e. The Kier molecular flexibility index (Phi) is 4.72. The minimum atomic E-state index is 0.917. The Labute approximate surface area is 152 Å². The number of aromatic nitrogens is 3. The van der Waals surface area contributed by atoms with Crippen molar-refractivity contribution in [2.24, 2.45) is 0 Å².